The molecule has 1 aromatic rings. The minimum atomic E-state index is 0.316. The zero-order valence-electron chi connectivity index (χ0n) is 8.67. The first-order valence-corrected chi connectivity index (χ1v) is 5.98. The van der Waals surface area contributed by atoms with Gasteiger partial charge in [-0.05, 0) is 36.8 Å². The molecule has 0 fully saturated rings. The average molecular weight is 209 g/mol. The Balaban J connectivity index is 2.30. The number of aryl methyl sites for hydroxylation is 1. The van der Waals surface area contributed by atoms with E-state index in [0.717, 1.165) is 6.42 Å². The largest absolute Gasteiger partial charge is 0.122 e. The first-order valence-electron chi connectivity index (χ1n) is 5.54. The van der Waals surface area contributed by atoms with E-state index in [1.54, 1.807) is 0 Å². The van der Waals surface area contributed by atoms with E-state index < -0.39 is 0 Å². The molecule has 1 aliphatic rings. The van der Waals surface area contributed by atoms with E-state index in [2.05, 4.69) is 31.2 Å². The van der Waals surface area contributed by atoms with Crippen LogP contribution in [0.1, 0.15) is 43.2 Å². The summed E-state index contributed by atoms with van der Waals surface area (Å²) in [6, 6.07) is 8.78. The number of halogens is 1. The van der Waals surface area contributed by atoms with E-state index >= 15 is 0 Å². The molecule has 1 aliphatic carbocycles. The first-order chi connectivity index (χ1) is 6.83. The highest BCUT2D eigenvalue weighted by Crippen LogP contribution is 2.36. The topological polar surface area (TPSA) is 0 Å². The van der Waals surface area contributed by atoms with Gasteiger partial charge in [0.2, 0.25) is 0 Å². The van der Waals surface area contributed by atoms with Crippen LogP contribution < -0.4 is 0 Å². The lowest BCUT2D eigenvalue weighted by molar-refractivity contribution is 0.521. The van der Waals surface area contributed by atoms with Gasteiger partial charge in [-0.3, -0.25) is 0 Å². The van der Waals surface area contributed by atoms with E-state index in [0.29, 0.717) is 11.3 Å². The summed E-state index contributed by atoms with van der Waals surface area (Å²) in [6.07, 6.45) is 4.87. The maximum absolute atomic E-state index is 6.37. The molecule has 1 aromatic carbocycles. The lowest BCUT2D eigenvalue weighted by Crippen LogP contribution is -2.18. The molecule has 0 radical (unpaired) electrons. The Kier molecular flexibility index (Phi) is 3.12. The second-order valence-corrected chi connectivity index (χ2v) is 4.68. The highest BCUT2D eigenvalue weighted by molar-refractivity contribution is 6.21. The van der Waals surface area contributed by atoms with Gasteiger partial charge in [-0.25, -0.2) is 0 Å². The summed E-state index contributed by atoms with van der Waals surface area (Å²) in [5.74, 6) is 0.589. The van der Waals surface area contributed by atoms with Gasteiger partial charge in [0, 0.05) is 11.3 Å². The van der Waals surface area contributed by atoms with Crippen molar-refractivity contribution in [3.63, 3.8) is 0 Å². The van der Waals surface area contributed by atoms with Gasteiger partial charge in [0.05, 0.1) is 0 Å². The molecule has 76 valence electrons. The molecule has 0 nitrogen and oxygen atoms in total. The van der Waals surface area contributed by atoms with E-state index in [-0.39, 0.29) is 0 Å². The number of benzene rings is 1. The third kappa shape index (κ3) is 1.81. The fraction of sp³-hybridized carbons (Fsp3) is 0.538. The summed E-state index contributed by atoms with van der Waals surface area (Å²) in [5.41, 5.74) is 3.02. The zero-order valence-corrected chi connectivity index (χ0v) is 9.43. The summed E-state index contributed by atoms with van der Waals surface area (Å²) in [4.78, 5) is 0. The Morgan fingerprint density at radius 3 is 3.00 bits per heavy atom. The summed E-state index contributed by atoms with van der Waals surface area (Å²) in [7, 11) is 0. The lowest BCUT2D eigenvalue weighted by Gasteiger charge is -2.28. The number of fused-ring (bicyclic) bond motifs is 1. The smallest absolute Gasteiger partial charge is 0.0402 e. The Morgan fingerprint density at radius 1 is 1.43 bits per heavy atom. The fourth-order valence-corrected chi connectivity index (χ4v) is 2.71. The van der Waals surface area contributed by atoms with Crippen LogP contribution in [0.4, 0.5) is 0 Å². The minimum absolute atomic E-state index is 0.316. The Labute approximate surface area is 91.3 Å². The van der Waals surface area contributed by atoms with Crippen LogP contribution in [0.2, 0.25) is 0 Å². The molecule has 2 unspecified atom stereocenters. The second-order valence-electron chi connectivity index (χ2n) is 4.12. The minimum Gasteiger partial charge on any atom is -0.122 e. The number of alkyl halides is 1. The van der Waals surface area contributed by atoms with E-state index in [4.69, 9.17) is 11.6 Å². The third-order valence-electron chi connectivity index (χ3n) is 3.24. The van der Waals surface area contributed by atoms with Gasteiger partial charge in [0.15, 0.2) is 0 Å². The Morgan fingerprint density at radius 2 is 2.21 bits per heavy atom. The molecule has 0 aromatic heterocycles. The molecule has 0 bridgehead atoms. The molecule has 14 heavy (non-hydrogen) atoms. The molecule has 2 atom stereocenters. The van der Waals surface area contributed by atoms with Crippen molar-refractivity contribution < 1.29 is 0 Å². The van der Waals surface area contributed by atoms with Crippen LogP contribution in [0.3, 0.4) is 0 Å². The van der Waals surface area contributed by atoms with Crippen molar-refractivity contribution in [3.05, 3.63) is 35.4 Å². The van der Waals surface area contributed by atoms with E-state index in [9.17, 15) is 0 Å². The monoisotopic (exact) mass is 208 g/mol. The van der Waals surface area contributed by atoms with Crippen molar-refractivity contribution in [2.24, 2.45) is 0 Å². The van der Waals surface area contributed by atoms with Gasteiger partial charge in [0.1, 0.15) is 0 Å². The number of rotatable bonds is 2. The maximum atomic E-state index is 6.37. The summed E-state index contributed by atoms with van der Waals surface area (Å²) in [6.45, 7) is 2.18. The SMILES string of the molecule is CCC(Cl)C1CCCc2ccccc21. The standard InChI is InChI=1S/C13H17Cl/c1-2-13(14)12-9-5-7-10-6-3-4-8-11(10)12/h3-4,6,8,12-13H,2,5,7,9H2,1H3. The highest BCUT2D eigenvalue weighted by Gasteiger charge is 2.24. The lowest BCUT2D eigenvalue weighted by atomic mass is 9.80. The van der Waals surface area contributed by atoms with E-state index in [1.807, 2.05) is 0 Å². The molecule has 2 rings (SSSR count). The van der Waals surface area contributed by atoms with Crippen molar-refractivity contribution in [1.82, 2.24) is 0 Å². The first kappa shape index (κ1) is 10.0. The van der Waals surface area contributed by atoms with E-state index in [1.165, 1.54) is 30.4 Å². The number of hydrogen-bond acceptors (Lipinski definition) is 0. The van der Waals surface area contributed by atoms with Gasteiger partial charge < -0.3 is 0 Å². The predicted octanol–water partition coefficient (Wildman–Crippen LogP) is 4.12. The van der Waals surface area contributed by atoms with Crippen LogP contribution in [0.15, 0.2) is 24.3 Å². The van der Waals surface area contributed by atoms with Crippen molar-refractivity contribution in [2.45, 2.75) is 43.9 Å². The molecule has 0 N–H and O–H groups in total. The molecular weight excluding hydrogens is 192 g/mol. The maximum Gasteiger partial charge on any atom is 0.0402 e. The zero-order chi connectivity index (χ0) is 9.97. The Hall–Kier alpha value is -0.490. The van der Waals surface area contributed by atoms with Crippen LogP contribution in [-0.4, -0.2) is 5.38 Å². The van der Waals surface area contributed by atoms with Gasteiger partial charge >= 0.3 is 0 Å². The van der Waals surface area contributed by atoms with Crippen molar-refractivity contribution in [1.29, 1.82) is 0 Å². The van der Waals surface area contributed by atoms with Crippen LogP contribution in [-0.2, 0) is 6.42 Å². The molecule has 0 heterocycles. The molecule has 0 saturated carbocycles. The molecule has 0 saturated heterocycles. The summed E-state index contributed by atoms with van der Waals surface area (Å²) in [5, 5.41) is 0.316. The fourth-order valence-electron chi connectivity index (χ4n) is 2.45. The average Bonchev–Trinajstić information content (AvgIpc) is 2.27. The second kappa shape index (κ2) is 4.35. The van der Waals surface area contributed by atoms with Crippen molar-refractivity contribution in [2.75, 3.05) is 0 Å². The quantitative estimate of drug-likeness (QED) is 0.642. The van der Waals surface area contributed by atoms with Crippen molar-refractivity contribution in [3.8, 4) is 0 Å². The Bertz CT molecular complexity index is 306. The van der Waals surface area contributed by atoms with Gasteiger partial charge in [-0.15, -0.1) is 11.6 Å². The predicted molar refractivity (Wildman–Crippen MR) is 62.1 cm³/mol. The van der Waals surface area contributed by atoms with Crippen LogP contribution in [0, 0.1) is 0 Å². The van der Waals surface area contributed by atoms with Crippen LogP contribution in [0.5, 0.6) is 0 Å². The van der Waals surface area contributed by atoms with Gasteiger partial charge in [-0.1, -0.05) is 31.2 Å². The number of hydrogen-bond donors (Lipinski definition) is 0. The van der Waals surface area contributed by atoms with Crippen molar-refractivity contribution >= 4 is 11.6 Å². The van der Waals surface area contributed by atoms with Crippen LogP contribution >= 0.6 is 11.6 Å². The highest BCUT2D eigenvalue weighted by atomic mass is 35.5. The summed E-state index contributed by atoms with van der Waals surface area (Å²) < 4.78 is 0. The molecule has 0 spiro atoms. The normalized spacial score (nSPS) is 22.9. The molecule has 0 amide bonds. The summed E-state index contributed by atoms with van der Waals surface area (Å²) >= 11 is 6.37. The van der Waals surface area contributed by atoms with Gasteiger partial charge in [-0.2, -0.15) is 0 Å². The molecular formula is C13H17Cl. The van der Waals surface area contributed by atoms with Crippen LogP contribution in [0.25, 0.3) is 0 Å². The molecule has 1 heteroatoms. The third-order valence-corrected chi connectivity index (χ3v) is 3.86. The van der Waals surface area contributed by atoms with Gasteiger partial charge in [0.25, 0.3) is 0 Å². The molecule has 0 aliphatic heterocycles.